The third kappa shape index (κ3) is 7.27. The quantitative estimate of drug-likeness (QED) is 0.686. The van der Waals surface area contributed by atoms with Crippen molar-refractivity contribution in [1.82, 2.24) is 10.6 Å². The van der Waals surface area contributed by atoms with Crippen molar-refractivity contribution in [3.05, 3.63) is 29.8 Å². The zero-order valence-electron chi connectivity index (χ0n) is 13.6. The molecule has 0 aliphatic rings. The van der Waals surface area contributed by atoms with E-state index in [9.17, 15) is 18.7 Å². The molecular weight excluding hydrogens is 306 g/mol. The smallest absolute Gasteiger partial charge is 0.315 e. The first-order valence-corrected chi connectivity index (χ1v) is 7.44. The minimum Gasteiger partial charge on any atom is -0.488 e. The average Bonchev–Trinajstić information content (AvgIpc) is 2.49. The van der Waals surface area contributed by atoms with E-state index >= 15 is 0 Å². The van der Waals surface area contributed by atoms with E-state index in [-0.39, 0.29) is 19.0 Å². The van der Waals surface area contributed by atoms with Crippen molar-refractivity contribution in [3.63, 3.8) is 0 Å². The van der Waals surface area contributed by atoms with Gasteiger partial charge in [-0.1, -0.05) is 26.0 Å². The molecule has 2 amide bonds. The molecule has 130 valence electrons. The van der Waals surface area contributed by atoms with Crippen LogP contribution in [0.5, 0.6) is 5.75 Å². The first-order valence-electron chi connectivity index (χ1n) is 7.44. The van der Waals surface area contributed by atoms with Gasteiger partial charge in [0, 0.05) is 13.1 Å². The van der Waals surface area contributed by atoms with Gasteiger partial charge in [-0.3, -0.25) is 0 Å². The van der Waals surface area contributed by atoms with Crippen molar-refractivity contribution in [1.29, 1.82) is 0 Å². The summed E-state index contributed by atoms with van der Waals surface area (Å²) < 4.78 is 29.1. The van der Waals surface area contributed by atoms with E-state index in [0.717, 1.165) is 5.56 Å². The summed E-state index contributed by atoms with van der Waals surface area (Å²) in [6.45, 7) is 5.08. The van der Waals surface area contributed by atoms with Crippen LogP contribution in [0, 0.1) is 5.92 Å². The molecule has 0 saturated heterocycles. The Bertz CT molecular complexity index is 508. The van der Waals surface area contributed by atoms with Crippen molar-refractivity contribution in [2.45, 2.75) is 39.3 Å². The summed E-state index contributed by atoms with van der Waals surface area (Å²) in [6.07, 6.45) is -2.53. The standard InChI is InChI=1S/C16H24F2N2O3/c1-11(2)16(3,22)10-20-15(21)19-8-12-5-4-6-13(7-12)23-9-14(17)18/h4-7,11,14,22H,8-10H2,1-3H3,(H2,19,20,21). The van der Waals surface area contributed by atoms with Gasteiger partial charge in [0.15, 0.2) is 0 Å². The van der Waals surface area contributed by atoms with Gasteiger partial charge >= 0.3 is 6.03 Å². The van der Waals surface area contributed by atoms with Crippen molar-refractivity contribution < 1.29 is 23.4 Å². The van der Waals surface area contributed by atoms with E-state index in [0.29, 0.717) is 5.75 Å². The number of ether oxygens (including phenoxy) is 1. The molecule has 1 unspecified atom stereocenters. The Balaban J connectivity index is 2.42. The lowest BCUT2D eigenvalue weighted by molar-refractivity contribution is 0.0166. The van der Waals surface area contributed by atoms with Crippen LogP contribution in [0.3, 0.4) is 0 Å². The summed E-state index contributed by atoms with van der Waals surface area (Å²) in [5.74, 6) is 0.333. The van der Waals surface area contributed by atoms with Crippen LogP contribution in [0.4, 0.5) is 13.6 Å². The van der Waals surface area contributed by atoms with Crippen LogP contribution >= 0.6 is 0 Å². The molecule has 7 heteroatoms. The van der Waals surface area contributed by atoms with Gasteiger partial charge in [-0.05, 0) is 30.5 Å². The number of carbonyl (C=O) groups excluding carboxylic acids is 1. The lowest BCUT2D eigenvalue weighted by atomic mass is 9.93. The minimum absolute atomic E-state index is 0.00599. The van der Waals surface area contributed by atoms with E-state index in [1.54, 1.807) is 31.2 Å². The summed E-state index contributed by atoms with van der Waals surface area (Å²) in [4.78, 5) is 11.7. The highest BCUT2D eigenvalue weighted by atomic mass is 19.3. The van der Waals surface area contributed by atoms with Gasteiger partial charge in [-0.25, -0.2) is 13.6 Å². The van der Waals surface area contributed by atoms with E-state index in [1.807, 2.05) is 13.8 Å². The van der Waals surface area contributed by atoms with Crippen molar-refractivity contribution >= 4 is 6.03 Å². The first-order chi connectivity index (χ1) is 10.7. The highest BCUT2D eigenvalue weighted by Crippen LogP contribution is 2.15. The second-order valence-corrected chi connectivity index (χ2v) is 5.90. The fourth-order valence-corrected chi connectivity index (χ4v) is 1.61. The Morgan fingerprint density at radius 2 is 2.04 bits per heavy atom. The van der Waals surface area contributed by atoms with E-state index in [2.05, 4.69) is 10.6 Å². The summed E-state index contributed by atoms with van der Waals surface area (Å²) >= 11 is 0. The lowest BCUT2D eigenvalue weighted by Gasteiger charge is -2.27. The van der Waals surface area contributed by atoms with E-state index in [1.165, 1.54) is 0 Å². The molecule has 0 spiro atoms. The summed E-state index contributed by atoms with van der Waals surface area (Å²) in [5.41, 5.74) is -0.261. The molecule has 1 aromatic rings. The summed E-state index contributed by atoms with van der Waals surface area (Å²) in [7, 11) is 0. The number of aliphatic hydroxyl groups is 1. The fourth-order valence-electron chi connectivity index (χ4n) is 1.61. The van der Waals surface area contributed by atoms with Crippen molar-refractivity contribution in [3.8, 4) is 5.75 Å². The lowest BCUT2D eigenvalue weighted by Crippen LogP contribution is -2.47. The molecule has 0 aliphatic heterocycles. The van der Waals surface area contributed by atoms with Crippen LogP contribution in [0.25, 0.3) is 0 Å². The molecule has 1 atom stereocenters. The predicted molar refractivity (Wildman–Crippen MR) is 83.6 cm³/mol. The van der Waals surface area contributed by atoms with Crippen LogP contribution < -0.4 is 15.4 Å². The van der Waals surface area contributed by atoms with Gasteiger partial charge in [0.1, 0.15) is 12.4 Å². The molecule has 0 fully saturated rings. The number of amides is 2. The van der Waals surface area contributed by atoms with Gasteiger partial charge in [0.05, 0.1) is 5.60 Å². The Morgan fingerprint density at radius 1 is 1.35 bits per heavy atom. The highest BCUT2D eigenvalue weighted by Gasteiger charge is 2.25. The van der Waals surface area contributed by atoms with Gasteiger partial charge in [0.2, 0.25) is 0 Å². The number of alkyl halides is 2. The normalized spacial score (nSPS) is 13.7. The average molecular weight is 330 g/mol. The third-order valence-electron chi connectivity index (χ3n) is 3.58. The van der Waals surface area contributed by atoms with Gasteiger partial charge in [-0.15, -0.1) is 0 Å². The van der Waals surface area contributed by atoms with Crippen molar-refractivity contribution in [2.75, 3.05) is 13.2 Å². The number of carbonyl (C=O) groups is 1. The van der Waals surface area contributed by atoms with Gasteiger partial charge in [-0.2, -0.15) is 0 Å². The molecule has 23 heavy (non-hydrogen) atoms. The second-order valence-electron chi connectivity index (χ2n) is 5.90. The molecule has 1 aromatic carbocycles. The number of urea groups is 1. The second kappa shape index (κ2) is 8.67. The topological polar surface area (TPSA) is 70.6 Å². The minimum atomic E-state index is -2.53. The number of rotatable bonds is 8. The Labute approximate surface area is 135 Å². The Morgan fingerprint density at radius 3 is 2.65 bits per heavy atom. The van der Waals surface area contributed by atoms with Crippen LogP contribution in [0.2, 0.25) is 0 Å². The zero-order chi connectivity index (χ0) is 17.5. The van der Waals surface area contributed by atoms with Crippen LogP contribution in [0.1, 0.15) is 26.3 Å². The van der Waals surface area contributed by atoms with E-state index < -0.39 is 24.7 Å². The zero-order valence-corrected chi connectivity index (χ0v) is 13.6. The van der Waals surface area contributed by atoms with Crippen LogP contribution in [0.15, 0.2) is 24.3 Å². The Hall–Kier alpha value is -1.89. The number of hydrogen-bond acceptors (Lipinski definition) is 3. The molecule has 0 aromatic heterocycles. The monoisotopic (exact) mass is 330 g/mol. The molecule has 5 nitrogen and oxygen atoms in total. The molecule has 0 radical (unpaired) electrons. The SMILES string of the molecule is CC(C)C(C)(O)CNC(=O)NCc1cccc(OCC(F)F)c1. The number of hydrogen-bond donors (Lipinski definition) is 3. The van der Waals surface area contributed by atoms with Crippen LogP contribution in [-0.2, 0) is 6.54 Å². The Kier molecular flexibility index (Phi) is 7.22. The first kappa shape index (κ1) is 19.2. The maximum absolute atomic E-state index is 12.1. The molecule has 0 bridgehead atoms. The molecule has 1 rings (SSSR count). The number of benzene rings is 1. The van der Waals surface area contributed by atoms with Gasteiger partial charge < -0.3 is 20.5 Å². The number of nitrogens with one attached hydrogen (secondary N) is 2. The summed E-state index contributed by atoms with van der Waals surface area (Å²) in [6, 6.07) is 6.17. The molecule has 0 saturated carbocycles. The maximum atomic E-state index is 12.1. The number of halogens is 2. The maximum Gasteiger partial charge on any atom is 0.315 e. The predicted octanol–water partition coefficient (Wildman–Crippen LogP) is 2.54. The molecular formula is C16H24F2N2O3. The molecule has 3 N–H and O–H groups in total. The highest BCUT2D eigenvalue weighted by molar-refractivity contribution is 5.73. The van der Waals surface area contributed by atoms with E-state index in [4.69, 9.17) is 4.74 Å². The molecule has 0 heterocycles. The summed E-state index contributed by atoms with van der Waals surface area (Å²) in [5, 5.41) is 15.3. The largest absolute Gasteiger partial charge is 0.488 e. The molecule has 0 aliphatic carbocycles. The third-order valence-corrected chi connectivity index (χ3v) is 3.58. The van der Waals surface area contributed by atoms with Crippen LogP contribution in [-0.4, -0.2) is 36.3 Å². The van der Waals surface area contributed by atoms with Crippen molar-refractivity contribution in [2.24, 2.45) is 5.92 Å². The fraction of sp³-hybridized carbons (Fsp3) is 0.562. The van der Waals surface area contributed by atoms with Gasteiger partial charge in [0.25, 0.3) is 6.43 Å².